The number of aryl methyl sites for hydroxylation is 1. The van der Waals surface area contributed by atoms with Gasteiger partial charge in [0, 0.05) is 30.0 Å². The lowest BCUT2D eigenvalue weighted by molar-refractivity contribution is 0.0919. The van der Waals surface area contributed by atoms with E-state index in [0.29, 0.717) is 19.8 Å². The highest BCUT2D eigenvalue weighted by Crippen LogP contribution is 2.29. The lowest BCUT2D eigenvalue weighted by Gasteiger charge is -2.42. The van der Waals surface area contributed by atoms with Gasteiger partial charge in [-0.2, -0.15) is 0 Å². The van der Waals surface area contributed by atoms with Crippen LogP contribution in [-0.2, 0) is 0 Å². The minimum Gasteiger partial charge on any atom is -0.497 e. The highest BCUT2D eigenvalue weighted by Gasteiger charge is 2.31. The number of Topliss-reactive ketones (excluding diaryl/α,β-unsaturated/α-hetero) is 1. The summed E-state index contributed by atoms with van der Waals surface area (Å²) in [5.41, 5.74) is 4.06. The molecule has 5 heteroatoms. The molecule has 1 heterocycles. The lowest BCUT2D eigenvalue weighted by atomic mass is 9.94. The van der Waals surface area contributed by atoms with Crippen LogP contribution in [0.3, 0.4) is 0 Å². The van der Waals surface area contributed by atoms with E-state index in [9.17, 15) is 4.79 Å². The Bertz CT molecular complexity index is 959. The summed E-state index contributed by atoms with van der Waals surface area (Å²) in [7, 11) is 3.33. The molecule has 0 saturated carbocycles. The molecule has 1 fully saturated rings. The zero-order chi connectivity index (χ0) is 21.8. The van der Waals surface area contributed by atoms with E-state index in [1.54, 1.807) is 14.2 Å². The van der Waals surface area contributed by atoms with Crippen LogP contribution in [0.2, 0.25) is 0 Å². The highest BCUT2D eigenvalue weighted by molar-refractivity contribution is 5.98. The number of carbonyl (C=O) groups is 1. The van der Waals surface area contributed by atoms with E-state index in [-0.39, 0.29) is 11.7 Å². The molecule has 31 heavy (non-hydrogen) atoms. The molecule has 0 atom stereocenters. The van der Waals surface area contributed by atoms with Gasteiger partial charge >= 0.3 is 0 Å². The number of carbonyl (C=O) groups excluding carboxylic acids is 1. The largest absolute Gasteiger partial charge is 0.497 e. The molecule has 4 rings (SSSR count). The van der Waals surface area contributed by atoms with E-state index in [0.717, 1.165) is 34.0 Å². The van der Waals surface area contributed by atoms with Crippen molar-refractivity contribution in [1.29, 1.82) is 0 Å². The van der Waals surface area contributed by atoms with Gasteiger partial charge in [-0.25, -0.2) is 0 Å². The maximum absolute atomic E-state index is 13.4. The van der Waals surface area contributed by atoms with Crippen molar-refractivity contribution >= 4 is 17.2 Å². The molecule has 0 aliphatic carbocycles. The average molecular weight is 417 g/mol. The van der Waals surface area contributed by atoms with Crippen LogP contribution in [0.15, 0.2) is 72.8 Å². The summed E-state index contributed by atoms with van der Waals surface area (Å²) in [6.45, 7) is 4.08. The quantitative estimate of drug-likeness (QED) is 0.540. The van der Waals surface area contributed by atoms with E-state index in [2.05, 4.69) is 9.80 Å². The van der Waals surface area contributed by atoms with E-state index >= 15 is 0 Å². The number of anilines is 2. The van der Waals surface area contributed by atoms with Gasteiger partial charge in [0.15, 0.2) is 5.78 Å². The van der Waals surface area contributed by atoms with E-state index < -0.39 is 0 Å². The molecule has 160 valence electrons. The van der Waals surface area contributed by atoms with Gasteiger partial charge in [0.05, 0.1) is 26.8 Å². The van der Waals surface area contributed by atoms with Crippen molar-refractivity contribution in [2.45, 2.75) is 6.92 Å². The van der Waals surface area contributed by atoms with Crippen molar-refractivity contribution < 1.29 is 14.3 Å². The fraction of sp³-hybridized carbons (Fsp3) is 0.269. The van der Waals surface area contributed by atoms with Crippen molar-refractivity contribution in [3.63, 3.8) is 0 Å². The third-order valence-corrected chi connectivity index (χ3v) is 5.80. The van der Waals surface area contributed by atoms with Crippen LogP contribution in [0.25, 0.3) is 0 Å². The number of benzene rings is 3. The zero-order valence-electron chi connectivity index (χ0n) is 18.2. The van der Waals surface area contributed by atoms with E-state index in [1.807, 2.05) is 79.7 Å². The maximum Gasteiger partial charge on any atom is 0.169 e. The van der Waals surface area contributed by atoms with Crippen molar-refractivity contribution in [2.24, 2.45) is 5.92 Å². The number of ketones is 1. The highest BCUT2D eigenvalue weighted by atomic mass is 16.5. The first kappa shape index (κ1) is 20.8. The summed E-state index contributed by atoms with van der Waals surface area (Å²) in [4.78, 5) is 17.9. The number of hydrogen-bond acceptors (Lipinski definition) is 5. The zero-order valence-corrected chi connectivity index (χ0v) is 18.2. The molecule has 1 aliphatic heterocycles. The van der Waals surface area contributed by atoms with Gasteiger partial charge in [0.25, 0.3) is 0 Å². The van der Waals surface area contributed by atoms with Gasteiger partial charge in [-0.1, -0.05) is 29.8 Å². The summed E-state index contributed by atoms with van der Waals surface area (Å²) in [6, 6.07) is 23.9. The van der Waals surface area contributed by atoms with Crippen molar-refractivity contribution in [3.8, 4) is 11.5 Å². The first-order valence-electron chi connectivity index (χ1n) is 10.5. The second-order valence-corrected chi connectivity index (χ2v) is 7.91. The van der Waals surface area contributed by atoms with Crippen LogP contribution in [-0.4, -0.2) is 39.8 Å². The summed E-state index contributed by atoms with van der Waals surface area (Å²) in [5, 5.41) is 0. The Morgan fingerprint density at radius 1 is 0.742 bits per heavy atom. The first-order chi connectivity index (χ1) is 15.1. The molecule has 5 nitrogen and oxygen atoms in total. The fourth-order valence-corrected chi connectivity index (χ4v) is 3.99. The van der Waals surface area contributed by atoms with Crippen LogP contribution in [0, 0.1) is 12.8 Å². The van der Waals surface area contributed by atoms with Gasteiger partial charge in [-0.3, -0.25) is 4.79 Å². The Morgan fingerprint density at radius 2 is 1.19 bits per heavy atom. The third-order valence-electron chi connectivity index (χ3n) is 5.80. The summed E-state index contributed by atoms with van der Waals surface area (Å²) < 4.78 is 10.6. The second kappa shape index (κ2) is 9.13. The van der Waals surface area contributed by atoms with Crippen molar-refractivity contribution in [1.82, 2.24) is 0 Å². The Balaban J connectivity index is 1.63. The number of nitrogens with zero attached hydrogens (tertiary/aromatic N) is 2. The van der Waals surface area contributed by atoms with Gasteiger partial charge in [0.1, 0.15) is 11.5 Å². The van der Waals surface area contributed by atoms with Gasteiger partial charge in [0.2, 0.25) is 0 Å². The number of hydrogen-bond donors (Lipinski definition) is 0. The normalized spacial score (nSPS) is 14.4. The molecule has 0 spiro atoms. The Labute approximate surface area is 183 Å². The van der Waals surface area contributed by atoms with Gasteiger partial charge in [-0.05, 0) is 55.5 Å². The topological polar surface area (TPSA) is 42.0 Å². The fourth-order valence-electron chi connectivity index (χ4n) is 3.99. The molecule has 0 radical (unpaired) electrons. The Kier molecular flexibility index (Phi) is 6.12. The van der Waals surface area contributed by atoms with Crippen LogP contribution in [0.1, 0.15) is 15.9 Å². The van der Waals surface area contributed by atoms with Crippen LogP contribution < -0.4 is 19.3 Å². The minimum absolute atomic E-state index is 0.138. The molecule has 0 unspecified atom stereocenters. The predicted molar refractivity (Wildman–Crippen MR) is 125 cm³/mol. The summed E-state index contributed by atoms with van der Waals surface area (Å²) >= 11 is 0. The second-order valence-electron chi connectivity index (χ2n) is 7.91. The predicted octanol–water partition coefficient (Wildman–Crippen LogP) is 4.80. The monoisotopic (exact) mass is 416 g/mol. The standard InChI is InChI=1S/C26H28N2O3/c1-19-4-6-20(7-5-19)26(29)21-16-27(22-8-12-24(30-2)13-9-22)18-28(17-21)23-10-14-25(31-3)15-11-23/h4-15,21H,16-18H2,1-3H3. The molecule has 0 aromatic heterocycles. The molecule has 0 amide bonds. The summed E-state index contributed by atoms with van der Waals surface area (Å²) in [5.74, 6) is 1.68. The van der Waals surface area contributed by atoms with Crippen molar-refractivity contribution in [2.75, 3.05) is 43.8 Å². The lowest BCUT2D eigenvalue weighted by Crippen LogP contribution is -2.52. The van der Waals surface area contributed by atoms with Gasteiger partial charge < -0.3 is 19.3 Å². The molecule has 1 saturated heterocycles. The smallest absolute Gasteiger partial charge is 0.169 e. The van der Waals surface area contributed by atoms with Crippen LogP contribution in [0.5, 0.6) is 11.5 Å². The van der Waals surface area contributed by atoms with Crippen LogP contribution in [0.4, 0.5) is 11.4 Å². The SMILES string of the molecule is COc1ccc(N2CC(C(=O)c3ccc(C)cc3)CN(c3ccc(OC)cc3)C2)cc1. The Hall–Kier alpha value is -3.47. The average Bonchev–Trinajstić information content (AvgIpc) is 2.84. The number of rotatable bonds is 6. The Morgan fingerprint density at radius 3 is 1.61 bits per heavy atom. The molecule has 3 aromatic carbocycles. The van der Waals surface area contributed by atoms with E-state index in [4.69, 9.17) is 9.47 Å². The molecule has 3 aromatic rings. The molecular formula is C26H28N2O3. The molecule has 1 aliphatic rings. The first-order valence-corrected chi connectivity index (χ1v) is 10.5. The molecule has 0 bridgehead atoms. The third kappa shape index (κ3) is 4.66. The molecule has 0 N–H and O–H groups in total. The van der Waals surface area contributed by atoms with E-state index in [1.165, 1.54) is 0 Å². The maximum atomic E-state index is 13.4. The van der Waals surface area contributed by atoms with Crippen LogP contribution >= 0.6 is 0 Å². The summed E-state index contributed by atoms with van der Waals surface area (Å²) in [6.07, 6.45) is 0. The number of ether oxygens (including phenoxy) is 2. The number of methoxy groups -OCH3 is 2. The minimum atomic E-state index is -0.138. The molecular weight excluding hydrogens is 388 g/mol. The van der Waals surface area contributed by atoms with Crippen molar-refractivity contribution in [3.05, 3.63) is 83.9 Å². The van der Waals surface area contributed by atoms with Gasteiger partial charge in [-0.15, -0.1) is 0 Å².